The molecule has 0 N–H and O–H groups in total. The molecule has 0 aliphatic carbocycles. The molecule has 0 aromatic heterocycles. The van der Waals surface area contributed by atoms with Crippen LogP contribution in [0.15, 0.2) is 28.7 Å². The van der Waals surface area contributed by atoms with Gasteiger partial charge in [0, 0.05) is 16.1 Å². The van der Waals surface area contributed by atoms with Crippen molar-refractivity contribution in [3.05, 3.63) is 57.3 Å². The lowest BCUT2D eigenvalue weighted by molar-refractivity contribution is 0.581. The molecule has 0 fully saturated rings. The monoisotopic (exact) mass is 319 g/mol. The highest BCUT2D eigenvalue weighted by Crippen LogP contribution is 2.32. The molecule has 2 aromatic carbocycles. The van der Waals surface area contributed by atoms with E-state index in [2.05, 4.69) is 22.0 Å². The van der Waals surface area contributed by atoms with Crippen molar-refractivity contribution in [2.75, 3.05) is 0 Å². The molecule has 0 heterocycles. The van der Waals surface area contributed by atoms with Gasteiger partial charge in [0.2, 0.25) is 0 Å². The van der Waals surface area contributed by atoms with E-state index in [4.69, 9.17) is 11.6 Å². The van der Waals surface area contributed by atoms with Crippen LogP contribution in [0.2, 0.25) is 5.02 Å². The number of halogens is 5. The second-order valence-electron chi connectivity index (χ2n) is 3.26. The quantitative estimate of drug-likeness (QED) is 0.694. The van der Waals surface area contributed by atoms with Crippen molar-refractivity contribution in [2.45, 2.75) is 0 Å². The predicted molar refractivity (Wildman–Crippen MR) is 63.3 cm³/mol. The lowest BCUT2D eigenvalue weighted by Crippen LogP contribution is -1.94. The van der Waals surface area contributed by atoms with E-state index in [0.717, 1.165) is 12.1 Å². The smallest absolute Gasteiger partial charge is 0.150 e. The fourth-order valence-corrected chi connectivity index (χ4v) is 2.01. The van der Waals surface area contributed by atoms with Crippen molar-refractivity contribution in [3.63, 3.8) is 0 Å². The first-order valence-electron chi connectivity index (χ1n) is 4.51. The Morgan fingerprint density at radius 3 is 2.29 bits per heavy atom. The molecule has 0 bridgehead atoms. The average Bonchev–Trinajstić information content (AvgIpc) is 2.23. The zero-order valence-electron chi connectivity index (χ0n) is 8.20. The van der Waals surface area contributed by atoms with Crippen LogP contribution in [0.25, 0.3) is 11.1 Å². The first kappa shape index (κ1) is 12.5. The number of benzene rings is 2. The molecule has 2 aromatic rings. The molecular weight excluding hydrogens is 316 g/mol. The van der Waals surface area contributed by atoms with Crippen molar-refractivity contribution in [1.82, 2.24) is 0 Å². The van der Waals surface area contributed by atoms with Crippen molar-refractivity contribution < 1.29 is 13.2 Å². The Bertz CT molecular complexity index is 561. The summed E-state index contributed by atoms with van der Waals surface area (Å²) in [6, 6.07) is 7.04. The van der Waals surface area contributed by atoms with E-state index in [1.807, 2.05) is 0 Å². The predicted octanol–water partition coefficient (Wildman–Crippen LogP) is 4.99. The van der Waals surface area contributed by atoms with Gasteiger partial charge in [-0.05, 0) is 12.1 Å². The summed E-state index contributed by atoms with van der Waals surface area (Å²) in [5, 5.41) is -0.302. The Balaban J connectivity index is 2.73. The molecule has 87 valence electrons. The van der Waals surface area contributed by atoms with Crippen LogP contribution < -0.4 is 0 Å². The molecule has 0 aliphatic heterocycles. The normalized spacial score (nSPS) is 10.6. The molecule has 0 atom stereocenters. The highest BCUT2D eigenvalue weighted by molar-refractivity contribution is 9.10. The van der Waals surface area contributed by atoms with Gasteiger partial charge in [-0.3, -0.25) is 0 Å². The maximum absolute atomic E-state index is 13.6. The first-order chi connectivity index (χ1) is 8.00. The van der Waals surface area contributed by atoms with Gasteiger partial charge >= 0.3 is 0 Å². The molecule has 0 amide bonds. The van der Waals surface area contributed by atoms with E-state index < -0.39 is 23.0 Å². The van der Waals surface area contributed by atoms with Crippen LogP contribution in [-0.4, -0.2) is 0 Å². The molecule has 17 heavy (non-hydrogen) atoms. The summed E-state index contributed by atoms with van der Waals surface area (Å²) in [6.45, 7) is 0. The summed E-state index contributed by atoms with van der Waals surface area (Å²) in [5.41, 5.74) is -0.669. The Labute approximate surface area is 109 Å². The number of rotatable bonds is 1. The van der Waals surface area contributed by atoms with Gasteiger partial charge in [0.25, 0.3) is 0 Å². The molecule has 0 nitrogen and oxygen atoms in total. The van der Waals surface area contributed by atoms with Crippen LogP contribution in [0.1, 0.15) is 0 Å². The summed E-state index contributed by atoms with van der Waals surface area (Å²) >= 11 is 8.46. The first-order valence-corrected chi connectivity index (χ1v) is 5.68. The Morgan fingerprint density at radius 1 is 1.12 bits per heavy atom. The Hall–Kier alpha value is -1.00. The van der Waals surface area contributed by atoms with Crippen molar-refractivity contribution in [2.24, 2.45) is 0 Å². The Morgan fingerprint density at radius 2 is 1.71 bits per heavy atom. The largest absolute Gasteiger partial charge is 0.206 e. The third-order valence-corrected chi connectivity index (χ3v) is 2.90. The van der Waals surface area contributed by atoms with Crippen LogP contribution in [0.5, 0.6) is 0 Å². The minimum Gasteiger partial charge on any atom is -0.206 e. The zero-order chi connectivity index (χ0) is 12.6. The third kappa shape index (κ3) is 2.33. The van der Waals surface area contributed by atoms with Crippen molar-refractivity contribution in [3.8, 4) is 11.1 Å². The van der Waals surface area contributed by atoms with E-state index in [0.29, 0.717) is 0 Å². The fourth-order valence-electron chi connectivity index (χ4n) is 1.45. The van der Waals surface area contributed by atoms with Crippen LogP contribution in [0.4, 0.5) is 13.2 Å². The minimum atomic E-state index is -0.894. The van der Waals surface area contributed by atoms with Crippen molar-refractivity contribution in [1.29, 1.82) is 0 Å². The molecule has 0 spiro atoms. The number of hydrogen-bond donors (Lipinski definition) is 0. The van der Waals surface area contributed by atoms with Crippen LogP contribution in [0, 0.1) is 23.5 Å². The standard InChI is InChI=1S/C12H4BrClF3/c13-6-4-9(15)11(10(16)5-6)7-2-1-3-8(14)12(7)17/h1-2,4-5H. The molecular formula is C12H4BrClF3. The van der Waals surface area contributed by atoms with E-state index in [-0.39, 0.29) is 15.1 Å². The molecule has 0 aliphatic rings. The molecule has 5 heteroatoms. The highest BCUT2D eigenvalue weighted by Gasteiger charge is 2.17. The van der Waals surface area contributed by atoms with Crippen LogP contribution in [-0.2, 0) is 0 Å². The van der Waals surface area contributed by atoms with Gasteiger partial charge < -0.3 is 0 Å². The summed E-state index contributed by atoms with van der Waals surface area (Å²) in [7, 11) is 0. The topological polar surface area (TPSA) is 0 Å². The van der Waals surface area contributed by atoms with Crippen molar-refractivity contribution >= 4 is 27.5 Å². The van der Waals surface area contributed by atoms with Gasteiger partial charge in [-0.25, -0.2) is 13.2 Å². The lowest BCUT2D eigenvalue weighted by atomic mass is 10.0. The Kier molecular flexibility index (Phi) is 3.45. The minimum absolute atomic E-state index is 0.226. The molecule has 0 saturated heterocycles. The van der Waals surface area contributed by atoms with E-state index in [1.54, 1.807) is 0 Å². The lowest BCUT2D eigenvalue weighted by Gasteiger charge is -2.07. The maximum Gasteiger partial charge on any atom is 0.150 e. The molecule has 0 unspecified atom stereocenters. The van der Waals surface area contributed by atoms with Gasteiger partial charge in [-0.2, -0.15) is 0 Å². The second-order valence-corrected chi connectivity index (χ2v) is 4.56. The average molecular weight is 321 g/mol. The van der Waals surface area contributed by atoms with Gasteiger partial charge in [-0.1, -0.05) is 39.7 Å². The van der Waals surface area contributed by atoms with Crippen LogP contribution in [0.3, 0.4) is 0 Å². The van der Waals surface area contributed by atoms with E-state index >= 15 is 0 Å². The third-order valence-electron chi connectivity index (χ3n) is 2.17. The van der Waals surface area contributed by atoms with Gasteiger partial charge in [0.05, 0.1) is 10.6 Å². The highest BCUT2D eigenvalue weighted by atomic mass is 79.9. The van der Waals surface area contributed by atoms with Gasteiger partial charge in [-0.15, -0.1) is 0 Å². The summed E-state index contributed by atoms with van der Waals surface area (Å²) < 4.78 is 41.1. The second kappa shape index (κ2) is 4.70. The molecule has 1 radical (unpaired) electrons. The summed E-state index contributed by atoms with van der Waals surface area (Å²) in [6.07, 6.45) is 0. The fraction of sp³-hybridized carbons (Fsp3) is 0. The van der Waals surface area contributed by atoms with Gasteiger partial charge in [0.15, 0.2) is 0 Å². The number of hydrogen-bond acceptors (Lipinski definition) is 0. The molecule has 2 rings (SSSR count). The van der Waals surface area contributed by atoms with Crippen LogP contribution >= 0.6 is 27.5 Å². The SMILES string of the molecule is Fc1cc(Br)cc(F)c1-c1cc[c]c(Cl)c1F. The zero-order valence-corrected chi connectivity index (χ0v) is 10.5. The van der Waals surface area contributed by atoms with E-state index in [9.17, 15) is 13.2 Å². The summed E-state index contributed by atoms with van der Waals surface area (Å²) in [4.78, 5) is 0. The van der Waals surface area contributed by atoms with E-state index in [1.165, 1.54) is 12.1 Å². The molecule has 0 saturated carbocycles. The van der Waals surface area contributed by atoms with Gasteiger partial charge in [0.1, 0.15) is 17.5 Å². The maximum atomic E-state index is 13.6. The summed E-state index contributed by atoms with van der Waals surface area (Å²) in [5.74, 6) is -2.62.